The van der Waals surface area contributed by atoms with Crippen molar-refractivity contribution in [1.82, 2.24) is 0 Å². The van der Waals surface area contributed by atoms with Crippen LogP contribution < -0.4 is 0 Å². The summed E-state index contributed by atoms with van der Waals surface area (Å²) in [7, 11) is 0. The van der Waals surface area contributed by atoms with E-state index in [1.807, 2.05) is 6.07 Å². The van der Waals surface area contributed by atoms with Crippen LogP contribution in [-0.2, 0) is 0 Å². The van der Waals surface area contributed by atoms with Crippen LogP contribution >= 0.6 is 39.9 Å². The van der Waals surface area contributed by atoms with Gasteiger partial charge in [-0.15, -0.1) is 24.0 Å². The highest BCUT2D eigenvalue weighted by molar-refractivity contribution is 9.10. The van der Waals surface area contributed by atoms with Crippen LogP contribution in [-0.4, -0.2) is 0 Å². The first-order valence-corrected chi connectivity index (χ1v) is 5.25. The van der Waals surface area contributed by atoms with Crippen molar-refractivity contribution in [2.24, 2.45) is 0 Å². The van der Waals surface area contributed by atoms with Crippen LogP contribution in [0.5, 0.6) is 0 Å². The fourth-order valence-corrected chi connectivity index (χ4v) is 2.49. The largest absolute Gasteiger partial charge is 0.144 e. The van der Waals surface area contributed by atoms with Gasteiger partial charge in [0.15, 0.2) is 0 Å². The van der Waals surface area contributed by atoms with Gasteiger partial charge in [-0.3, -0.25) is 0 Å². The van der Waals surface area contributed by atoms with Gasteiger partial charge in [-0.2, -0.15) is 0 Å². The Balaban J connectivity index is 2.93. The van der Waals surface area contributed by atoms with Crippen molar-refractivity contribution in [1.29, 1.82) is 0 Å². The summed E-state index contributed by atoms with van der Waals surface area (Å²) in [4.78, 5) is 1.03. The lowest BCUT2D eigenvalue weighted by Gasteiger charge is -1.96. The fraction of sp³-hybridized carbons (Fsp3) is 0. The van der Waals surface area contributed by atoms with Crippen LogP contribution in [0, 0.1) is 0 Å². The molecular weight excluding hydrogens is 240 g/mol. The molecule has 0 nitrogen and oxygen atoms in total. The summed E-state index contributed by atoms with van der Waals surface area (Å²) in [6, 6.07) is 6.22. The van der Waals surface area contributed by atoms with E-state index < -0.39 is 0 Å². The van der Waals surface area contributed by atoms with Crippen molar-refractivity contribution in [2.75, 3.05) is 0 Å². The normalized spacial score (nSPS) is 10.7. The quantitative estimate of drug-likeness (QED) is 0.667. The molecule has 56 valence electrons. The molecule has 0 N–H and O–H groups in total. The molecule has 2 aromatic rings. The van der Waals surface area contributed by atoms with E-state index in [4.69, 9.17) is 0 Å². The standard InChI is InChI=1S/C8H5BrS2/c9-6-1-2-7-5(8(6)10)3-4-11-7/h1-4,10H. The summed E-state index contributed by atoms with van der Waals surface area (Å²) in [5.74, 6) is 0. The Hall–Kier alpha value is 0.01000. The second-order valence-electron chi connectivity index (χ2n) is 2.23. The number of thiophene rings is 1. The minimum absolute atomic E-state index is 1.03. The molecule has 0 unspecified atom stereocenters. The minimum atomic E-state index is 1.03. The summed E-state index contributed by atoms with van der Waals surface area (Å²) in [5, 5.41) is 3.31. The first-order chi connectivity index (χ1) is 5.29. The molecule has 0 aliphatic rings. The van der Waals surface area contributed by atoms with Crippen molar-refractivity contribution in [3.8, 4) is 0 Å². The van der Waals surface area contributed by atoms with E-state index in [0.717, 1.165) is 9.37 Å². The lowest BCUT2D eigenvalue weighted by atomic mass is 10.3. The van der Waals surface area contributed by atoms with Gasteiger partial charge in [0, 0.05) is 19.5 Å². The number of hydrogen-bond acceptors (Lipinski definition) is 2. The molecule has 0 amide bonds. The molecule has 0 saturated carbocycles. The molecule has 1 aromatic carbocycles. The minimum Gasteiger partial charge on any atom is -0.144 e. The van der Waals surface area contributed by atoms with Gasteiger partial charge in [0.25, 0.3) is 0 Å². The van der Waals surface area contributed by atoms with Gasteiger partial charge in [-0.1, -0.05) is 0 Å². The van der Waals surface area contributed by atoms with Gasteiger partial charge in [0.1, 0.15) is 0 Å². The zero-order valence-corrected chi connectivity index (χ0v) is 8.84. The Morgan fingerprint density at radius 2 is 2.09 bits per heavy atom. The maximum Gasteiger partial charge on any atom is 0.0354 e. The third-order valence-corrected chi connectivity index (χ3v) is 3.89. The molecule has 1 aromatic heterocycles. The molecule has 0 spiro atoms. The smallest absolute Gasteiger partial charge is 0.0354 e. The molecule has 1 heterocycles. The van der Waals surface area contributed by atoms with E-state index in [1.54, 1.807) is 11.3 Å². The lowest BCUT2D eigenvalue weighted by molar-refractivity contribution is 1.52. The first-order valence-electron chi connectivity index (χ1n) is 3.14. The third-order valence-electron chi connectivity index (χ3n) is 1.56. The van der Waals surface area contributed by atoms with Crippen molar-refractivity contribution >= 4 is 50.0 Å². The van der Waals surface area contributed by atoms with E-state index in [0.29, 0.717) is 0 Å². The van der Waals surface area contributed by atoms with Gasteiger partial charge in [0.05, 0.1) is 0 Å². The first kappa shape index (κ1) is 7.65. The van der Waals surface area contributed by atoms with Gasteiger partial charge in [-0.25, -0.2) is 0 Å². The topological polar surface area (TPSA) is 0 Å². The monoisotopic (exact) mass is 244 g/mol. The number of hydrogen-bond donors (Lipinski definition) is 1. The summed E-state index contributed by atoms with van der Waals surface area (Å²) in [5.41, 5.74) is 0. The van der Waals surface area contributed by atoms with Gasteiger partial charge in [0.2, 0.25) is 0 Å². The van der Waals surface area contributed by atoms with Crippen molar-refractivity contribution < 1.29 is 0 Å². The Kier molecular flexibility index (Phi) is 1.95. The van der Waals surface area contributed by atoms with E-state index in [2.05, 4.69) is 46.1 Å². The van der Waals surface area contributed by atoms with E-state index in [-0.39, 0.29) is 0 Å². The van der Waals surface area contributed by atoms with Crippen LogP contribution in [0.4, 0.5) is 0 Å². The number of thiol groups is 1. The molecule has 0 bridgehead atoms. The average Bonchev–Trinajstić information content (AvgIpc) is 2.45. The number of rotatable bonds is 0. The second-order valence-corrected chi connectivity index (χ2v) is 4.48. The molecular formula is C8H5BrS2. The molecule has 0 aliphatic heterocycles. The Labute approximate surface area is 82.8 Å². The highest BCUT2D eigenvalue weighted by Crippen LogP contribution is 2.32. The van der Waals surface area contributed by atoms with Crippen molar-refractivity contribution in [3.05, 3.63) is 28.1 Å². The molecule has 0 atom stereocenters. The van der Waals surface area contributed by atoms with Crippen molar-refractivity contribution in [3.63, 3.8) is 0 Å². The van der Waals surface area contributed by atoms with Crippen molar-refractivity contribution in [2.45, 2.75) is 4.90 Å². The maximum absolute atomic E-state index is 4.39. The third kappa shape index (κ3) is 1.21. The maximum atomic E-state index is 4.39. The van der Waals surface area contributed by atoms with Gasteiger partial charge < -0.3 is 0 Å². The number of fused-ring (bicyclic) bond motifs is 1. The van der Waals surface area contributed by atoms with Crippen LogP contribution in [0.25, 0.3) is 10.1 Å². The van der Waals surface area contributed by atoms with Gasteiger partial charge in [-0.05, 0) is 39.5 Å². The van der Waals surface area contributed by atoms with Crippen LogP contribution in [0.3, 0.4) is 0 Å². The molecule has 0 saturated heterocycles. The van der Waals surface area contributed by atoms with Crippen LogP contribution in [0.2, 0.25) is 0 Å². The predicted molar refractivity (Wildman–Crippen MR) is 56.8 cm³/mol. The van der Waals surface area contributed by atoms with Crippen LogP contribution in [0.15, 0.2) is 32.9 Å². The SMILES string of the molecule is Sc1c(Br)ccc2sccc12. The molecule has 0 radical (unpaired) electrons. The molecule has 11 heavy (non-hydrogen) atoms. The van der Waals surface area contributed by atoms with E-state index >= 15 is 0 Å². The molecule has 3 heteroatoms. The zero-order valence-electron chi connectivity index (χ0n) is 5.54. The van der Waals surface area contributed by atoms with Gasteiger partial charge >= 0.3 is 0 Å². The van der Waals surface area contributed by atoms with Crippen LogP contribution in [0.1, 0.15) is 0 Å². The molecule has 2 rings (SSSR count). The summed E-state index contributed by atoms with van der Waals surface area (Å²) in [6.45, 7) is 0. The molecule has 0 fully saturated rings. The fourth-order valence-electron chi connectivity index (χ4n) is 1.00. The number of benzene rings is 1. The highest BCUT2D eigenvalue weighted by Gasteiger charge is 2.01. The average molecular weight is 245 g/mol. The Morgan fingerprint density at radius 3 is 2.91 bits per heavy atom. The number of halogens is 1. The zero-order chi connectivity index (χ0) is 7.84. The Bertz CT molecular complexity index is 392. The van der Waals surface area contributed by atoms with E-state index in [9.17, 15) is 0 Å². The summed E-state index contributed by atoms with van der Waals surface area (Å²) < 4.78 is 2.35. The summed E-state index contributed by atoms with van der Waals surface area (Å²) >= 11 is 9.56. The van der Waals surface area contributed by atoms with E-state index in [1.165, 1.54) is 10.1 Å². The summed E-state index contributed by atoms with van der Waals surface area (Å²) in [6.07, 6.45) is 0. The lowest BCUT2D eigenvalue weighted by Crippen LogP contribution is -1.69. The highest BCUT2D eigenvalue weighted by atomic mass is 79.9. The molecule has 0 aliphatic carbocycles. The second kappa shape index (κ2) is 2.81. The predicted octanol–water partition coefficient (Wildman–Crippen LogP) is 3.95. The Morgan fingerprint density at radius 1 is 1.27 bits per heavy atom.